The lowest BCUT2D eigenvalue weighted by Gasteiger charge is -2.23. The Morgan fingerprint density at radius 3 is 2.33 bits per heavy atom. The van der Waals surface area contributed by atoms with Crippen LogP contribution in [-0.4, -0.2) is 27.9 Å². The van der Waals surface area contributed by atoms with E-state index in [4.69, 9.17) is 0 Å². The van der Waals surface area contributed by atoms with E-state index in [1.54, 1.807) is 42.5 Å². The normalized spacial score (nSPS) is 17.7. The highest BCUT2D eigenvalue weighted by Gasteiger charge is 2.48. The molecule has 24 heavy (non-hydrogen) atoms. The smallest absolute Gasteiger partial charge is 0.473 e. The molecule has 0 aromatic heterocycles. The van der Waals surface area contributed by atoms with E-state index in [2.05, 4.69) is 5.10 Å². The van der Waals surface area contributed by atoms with Crippen LogP contribution in [0.15, 0.2) is 59.7 Å². The second-order valence-corrected chi connectivity index (χ2v) is 5.34. The molecule has 1 atom stereocenters. The minimum atomic E-state index is -5.04. The van der Waals surface area contributed by atoms with Crippen LogP contribution in [0, 0.1) is 0 Å². The molecule has 0 bridgehead atoms. The molecular formula is C17H13F3N2O2. The molecule has 124 valence electrons. The first-order chi connectivity index (χ1) is 11.4. The van der Waals surface area contributed by atoms with Crippen molar-refractivity contribution >= 4 is 11.6 Å². The van der Waals surface area contributed by atoms with Gasteiger partial charge in [-0.3, -0.25) is 4.79 Å². The van der Waals surface area contributed by atoms with Crippen molar-refractivity contribution in [1.82, 2.24) is 5.01 Å². The molecule has 7 heteroatoms. The summed E-state index contributed by atoms with van der Waals surface area (Å²) in [5.74, 6) is -2.23. The van der Waals surface area contributed by atoms with Gasteiger partial charge in [-0.2, -0.15) is 18.3 Å². The first-order valence-corrected chi connectivity index (χ1v) is 7.19. The summed E-state index contributed by atoms with van der Waals surface area (Å²) >= 11 is 0. The minimum Gasteiger partial charge on any atom is -0.508 e. The fraction of sp³-hybridized carbons (Fsp3) is 0.176. The van der Waals surface area contributed by atoms with Crippen molar-refractivity contribution in [3.05, 3.63) is 65.7 Å². The molecule has 0 saturated carbocycles. The quantitative estimate of drug-likeness (QED) is 0.912. The number of halogens is 3. The van der Waals surface area contributed by atoms with Gasteiger partial charge in [0.25, 0.3) is 0 Å². The summed E-state index contributed by atoms with van der Waals surface area (Å²) < 4.78 is 38.7. The van der Waals surface area contributed by atoms with Crippen LogP contribution in [0.25, 0.3) is 0 Å². The molecule has 0 saturated heterocycles. The Bertz CT molecular complexity index is 788. The number of amides is 1. The van der Waals surface area contributed by atoms with Crippen molar-refractivity contribution in [1.29, 1.82) is 0 Å². The van der Waals surface area contributed by atoms with Crippen LogP contribution < -0.4 is 0 Å². The first-order valence-electron chi connectivity index (χ1n) is 7.19. The van der Waals surface area contributed by atoms with Gasteiger partial charge in [-0.1, -0.05) is 48.5 Å². The number of alkyl halides is 3. The van der Waals surface area contributed by atoms with Crippen LogP contribution in [-0.2, 0) is 4.79 Å². The predicted octanol–water partition coefficient (Wildman–Crippen LogP) is 3.63. The summed E-state index contributed by atoms with van der Waals surface area (Å²) in [6, 6.07) is 13.7. The maximum atomic E-state index is 12.9. The monoisotopic (exact) mass is 334 g/mol. The van der Waals surface area contributed by atoms with Gasteiger partial charge in [0.1, 0.15) is 5.75 Å². The molecule has 4 nitrogen and oxygen atoms in total. The van der Waals surface area contributed by atoms with Crippen molar-refractivity contribution < 1.29 is 23.1 Å². The number of hydrazone groups is 1. The maximum Gasteiger partial charge on any atom is 0.473 e. The summed E-state index contributed by atoms with van der Waals surface area (Å²) in [5.41, 5.74) is 1.22. The largest absolute Gasteiger partial charge is 0.508 e. The molecule has 3 rings (SSSR count). The Morgan fingerprint density at radius 1 is 1.08 bits per heavy atom. The van der Waals surface area contributed by atoms with Gasteiger partial charge in [-0.25, -0.2) is 5.01 Å². The second kappa shape index (κ2) is 5.99. The lowest BCUT2D eigenvalue weighted by molar-refractivity contribution is -0.187. The molecule has 2 aromatic rings. The molecule has 0 aliphatic carbocycles. The zero-order chi connectivity index (χ0) is 17.3. The average Bonchev–Trinajstić information content (AvgIpc) is 2.99. The Hall–Kier alpha value is -2.83. The average molecular weight is 334 g/mol. The van der Waals surface area contributed by atoms with Crippen LogP contribution in [0.3, 0.4) is 0 Å². The number of aromatic hydroxyl groups is 1. The van der Waals surface area contributed by atoms with E-state index in [0.29, 0.717) is 16.3 Å². The number of rotatable bonds is 2. The van der Waals surface area contributed by atoms with Crippen molar-refractivity contribution in [2.24, 2.45) is 5.10 Å². The van der Waals surface area contributed by atoms with E-state index in [0.717, 1.165) is 0 Å². The van der Waals surface area contributed by atoms with Crippen molar-refractivity contribution in [2.75, 3.05) is 0 Å². The van der Waals surface area contributed by atoms with E-state index in [1.165, 1.54) is 12.1 Å². The van der Waals surface area contributed by atoms with Gasteiger partial charge < -0.3 is 5.11 Å². The number of nitrogens with zero attached hydrogens (tertiary/aromatic N) is 2. The van der Waals surface area contributed by atoms with Gasteiger partial charge in [-0.05, 0) is 11.6 Å². The second-order valence-electron chi connectivity index (χ2n) is 5.34. The Kier molecular flexibility index (Phi) is 4.01. The summed E-state index contributed by atoms with van der Waals surface area (Å²) in [5, 5.41) is 14.3. The van der Waals surface area contributed by atoms with Gasteiger partial charge in [-0.15, -0.1) is 0 Å². The topological polar surface area (TPSA) is 52.9 Å². The molecular weight excluding hydrogens is 321 g/mol. The van der Waals surface area contributed by atoms with E-state index in [1.807, 2.05) is 0 Å². The zero-order valence-corrected chi connectivity index (χ0v) is 12.4. The maximum absolute atomic E-state index is 12.9. The molecule has 1 aliphatic heterocycles. The fourth-order valence-corrected chi connectivity index (χ4v) is 2.64. The number of carbonyl (C=O) groups is 1. The highest BCUT2D eigenvalue weighted by molar-refractivity contribution is 6.03. The van der Waals surface area contributed by atoms with Gasteiger partial charge in [0.05, 0.1) is 11.8 Å². The number of hydrogen-bond acceptors (Lipinski definition) is 3. The predicted molar refractivity (Wildman–Crippen MR) is 81.3 cm³/mol. The van der Waals surface area contributed by atoms with E-state index < -0.39 is 18.1 Å². The zero-order valence-electron chi connectivity index (χ0n) is 12.4. The van der Waals surface area contributed by atoms with Gasteiger partial charge in [0.15, 0.2) is 0 Å². The number of carbonyl (C=O) groups excluding carboxylic acids is 1. The number of benzene rings is 2. The Morgan fingerprint density at radius 2 is 1.71 bits per heavy atom. The van der Waals surface area contributed by atoms with Crippen LogP contribution in [0.2, 0.25) is 0 Å². The molecule has 1 N–H and O–H groups in total. The number of phenolic OH excluding ortho intramolecular Hbond substituents is 1. The highest BCUT2D eigenvalue weighted by Crippen LogP contribution is 2.38. The molecule has 2 aromatic carbocycles. The molecule has 1 aliphatic rings. The third kappa shape index (κ3) is 2.97. The third-order valence-electron chi connectivity index (χ3n) is 3.76. The molecule has 1 heterocycles. The van der Waals surface area contributed by atoms with E-state index in [9.17, 15) is 23.1 Å². The number of para-hydroxylation sites is 1. The summed E-state index contributed by atoms with van der Waals surface area (Å²) in [4.78, 5) is 11.8. The van der Waals surface area contributed by atoms with Crippen LogP contribution >= 0.6 is 0 Å². The lowest BCUT2D eigenvalue weighted by atomic mass is 9.98. The number of phenols is 1. The summed E-state index contributed by atoms with van der Waals surface area (Å²) in [6.07, 6.45) is -4.96. The van der Waals surface area contributed by atoms with Crippen LogP contribution in [0.1, 0.15) is 23.6 Å². The van der Waals surface area contributed by atoms with Crippen LogP contribution in [0.5, 0.6) is 5.75 Å². The van der Waals surface area contributed by atoms with Gasteiger partial charge >= 0.3 is 12.1 Å². The summed E-state index contributed by atoms with van der Waals surface area (Å²) in [6.45, 7) is 0. The van der Waals surface area contributed by atoms with Crippen molar-refractivity contribution in [3.8, 4) is 5.75 Å². The van der Waals surface area contributed by atoms with Crippen molar-refractivity contribution in [2.45, 2.75) is 18.6 Å². The molecule has 0 unspecified atom stereocenters. The Balaban J connectivity index is 2.03. The fourth-order valence-electron chi connectivity index (χ4n) is 2.64. The van der Waals surface area contributed by atoms with Crippen molar-refractivity contribution in [3.63, 3.8) is 0 Å². The van der Waals surface area contributed by atoms with Gasteiger partial charge in [0.2, 0.25) is 0 Å². The Labute approximate surface area is 135 Å². The molecule has 0 radical (unpaired) electrons. The molecule has 0 spiro atoms. The number of hydrogen-bond donors (Lipinski definition) is 1. The summed E-state index contributed by atoms with van der Waals surface area (Å²) in [7, 11) is 0. The standard InChI is InChI=1S/C17H13F3N2O2/c18-17(19,20)16(24)22-14(12-8-4-5-9-15(12)23)10-13(21-22)11-6-2-1-3-7-11/h1-9,14,23H,10H2/t14-/m0/s1. The molecule has 0 fully saturated rings. The third-order valence-corrected chi connectivity index (χ3v) is 3.76. The minimum absolute atomic E-state index is 0.0867. The molecule has 1 amide bonds. The highest BCUT2D eigenvalue weighted by atomic mass is 19.4. The SMILES string of the molecule is O=C(N1N=C(c2ccccc2)C[C@H]1c1ccccc1O)C(F)(F)F. The lowest BCUT2D eigenvalue weighted by Crippen LogP contribution is -2.38. The van der Waals surface area contributed by atoms with Gasteiger partial charge in [0, 0.05) is 12.0 Å². The van der Waals surface area contributed by atoms with E-state index in [-0.39, 0.29) is 17.7 Å². The first kappa shape index (κ1) is 16.0. The van der Waals surface area contributed by atoms with Crippen LogP contribution in [0.4, 0.5) is 13.2 Å². The van der Waals surface area contributed by atoms with E-state index >= 15 is 0 Å².